The summed E-state index contributed by atoms with van der Waals surface area (Å²) in [6, 6.07) is 3.59. The van der Waals surface area contributed by atoms with E-state index in [0.29, 0.717) is 22.0 Å². The van der Waals surface area contributed by atoms with Crippen LogP contribution in [0.25, 0.3) is 11.5 Å². The number of primary amides is 1. The molecule has 3 aromatic heterocycles. The van der Waals surface area contributed by atoms with Gasteiger partial charge in [0, 0.05) is 17.3 Å². The van der Waals surface area contributed by atoms with Crippen molar-refractivity contribution in [3.63, 3.8) is 0 Å². The Bertz CT molecular complexity index is 1030. The fraction of sp³-hybridized carbons (Fsp3) is 0.278. The number of fused-ring (bicyclic) bond motifs is 1. The van der Waals surface area contributed by atoms with E-state index in [2.05, 4.69) is 20.5 Å². The molecule has 1 aliphatic rings. The number of amides is 2. The van der Waals surface area contributed by atoms with Crippen molar-refractivity contribution in [1.82, 2.24) is 15.2 Å². The van der Waals surface area contributed by atoms with Crippen LogP contribution in [0.4, 0.5) is 5.00 Å². The molecule has 2 amide bonds. The minimum atomic E-state index is -0.506. The predicted molar refractivity (Wildman–Crippen MR) is 106 cm³/mol. The molecule has 0 bridgehead atoms. The number of carbonyl (C=O) groups excluding carboxylic acids is 2. The zero-order valence-electron chi connectivity index (χ0n) is 15.0. The Labute approximate surface area is 168 Å². The lowest BCUT2D eigenvalue weighted by Crippen LogP contribution is -2.24. The lowest BCUT2D eigenvalue weighted by molar-refractivity contribution is -0.115. The molecule has 0 saturated heterocycles. The van der Waals surface area contributed by atoms with Gasteiger partial charge in [0.15, 0.2) is 0 Å². The van der Waals surface area contributed by atoms with Gasteiger partial charge in [0.05, 0.1) is 16.4 Å². The Balaban J connectivity index is 1.45. The van der Waals surface area contributed by atoms with Gasteiger partial charge in [0.1, 0.15) is 5.00 Å². The van der Waals surface area contributed by atoms with Crippen LogP contribution in [0.15, 0.2) is 34.2 Å². The summed E-state index contributed by atoms with van der Waals surface area (Å²) < 4.78 is 5.60. The second-order valence-corrected chi connectivity index (χ2v) is 8.69. The van der Waals surface area contributed by atoms with E-state index in [4.69, 9.17) is 10.2 Å². The van der Waals surface area contributed by atoms with Crippen molar-refractivity contribution in [2.24, 2.45) is 5.73 Å². The van der Waals surface area contributed by atoms with E-state index < -0.39 is 11.2 Å². The van der Waals surface area contributed by atoms with Gasteiger partial charge in [-0.1, -0.05) is 11.8 Å². The maximum absolute atomic E-state index is 12.6. The van der Waals surface area contributed by atoms with Crippen molar-refractivity contribution in [1.29, 1.82) is 0 Å². The first-order chi connectivity index (χ1) is 13.5. The number of nitrogens with zero attached hydrogens (tertiary/aromatic N) is 3. The molecule has 4 rings (SSSR count). The standard InChI is InChI=1S/C18H17N5O3S2/c1-9(27-18-23-22-16(26-18)10-4-3-7-20-8-10)15(25)21-17-13(14(19)24)11-5-2-6-12(11)28-17/h3-4,7-9H,2,5-6H2,1H3,(H2,19,24)(H,21,25)/t9-/m0/s1. The van der Waals surface area contributed by atoms with Gasteiger partial charge in [-0.05, 0) is 43.9 Å². The van der Waals surface area contributed by atoms with E-state index >= 15 is 0 Å². The Morgan fingerprint density at radius 3 is 2.96 bits per heavy atom. The number of carbonyl (C=O) groups is 2. The Morgan fingerprint density at radius 2 is 2.21 bits per heavy atom. The predicted octanol–water partition coefficient (Wildman–Crippen LogP) is 2.90. The first-order valence-corrected chi connectivity index (χ1v) is 10.4. The second-order valence-electron chi connectivity index (χ2n) is 6.29. The first kappa shape index (κ1) is 18.6. The number of nitrogens with one attached hydrogen (secondary N) is 1. The SMILES string of the molecule is C[C@H](Sc1nnc(-c2cccnc2)o1)C(=O)Nc1sc2c(c1C(N)=O)CCC2. The van der Waals surface area contributed by atoms with Crippen molar-refractivity contribution >= 4 is 39.9 Å². The van der Waals surface area contributed by atoms with Crippen molar-refractivity contribution in [2.75, 3.05) is 5.32 Å². The minimum Gasteiger partial charge on any atom is -0.411 e. The Morgan fingerprint density at radius 1 is 1.36 bits per heavy atom. The highest BCUT2D eigenvalue weighted by atomic mass is 32.2. The van der Waals surface area contributed by atoms with Crippen molar-refractivity contribution < 1.29 is 14.0 Å². The van der Waals surface area contributed by atoms with E-state index in [0.717, 1.165) is 41.5 Å². The van der Waals surface area contributed by atoms with Crippen molar-refractivity contribution in [2.45, 2.75) is 36.7 Å². The largest absolute Gasteiger partial charge is 0.411 e. The highest BCUT2D eigenvalue weighted by Crippen LogP contribution is 2.39. The van der Waals surface area contributed by atoms with Crippen LogP contribution in [-0.2, 0) is 17.6 Å². The van der Waals surface area contributed by atoms with Gasteiger partial charge in [0.2, 0.25) is 11.8 Å². The minimum absolute atomic E-state index is 0.256. The fourth-order valence-corrected chi connectivity index (χ4v) is 5.02. The quantitative estimate of drug-likeness (QED) is 0.593. The van der Waals surface area contributed by atoms with Crippen LogP contribution in [0, 0.1) is 0 Å². The lowest BCUT2D eigenvalue weighted by atomic mass is 10.1. The molecule has 10 heteroatoms. The lowest BCUT2D eigenvalue weighted by Gasteiger charge is -2.10. The molecule has 0 fully saturated rings. The normalized spacial score (nSPS) is 13.9. The molecule has 144 valence electrons. The third-order valence-corrected chi connectivity index (χ3v) is 6.51. The summed E-state index contributed by atoms with van der Waals surface area (Å²) in [6.45, 7) is 1.74. The number of anilines is 1. The van der Waals surface area contributed by atoms with Crippen LogP contribution < -0.4 is 11.1 Å². The summed E-state index contributed by atoms with van der Waals surface area (Å²) in [5, 5.41) is 11.1. The summed E-state index contributed by atoms with van der Waals surface area (Å²) in [6.07, 6.45) is 6.03. The van der Waals surface area contributed by atoms with E-state index in [9.17, 15) is 9.59 Å². The van der Waals surface area contributed by atoms with Gasteiger partial charge in [0.25, 0.3) is 11.1 Å². The highest BCUT2D eigenvalue weighted by molar-refractivity contribution is 8.00. The van der Waals surface area contributed by atoms with Gasteiger partial charge in [-0.3, -0.25) is 14.6 Å². The number of hydrogen-bond donors (Lipinski definition) is 2. The van der Waals surface area contributed by atoms with Crippen LogP contribution in [-0.4, -0.2) is 32.2 Å². The molecule has 0 aromatic carbocycles. The zero-order chi connectivity index (χ0) is 19.7. The van der Waals surface area contributed by atoms with Gasteiger partial charge in [-0.2, -0.15) is 0 Å². The number of aromatic nitrogens is 3. The average molecular weight is 416 g/mol. The molecule has 3 heterocycles. The van der Waals surface area contributed by atoms with Gasteiger partial charge in [-0.15, -0.1) is 21.5 Å². The molecule has 0 radical (unpaired) electrons. The molecule has 3 N–H and O–H groups in total. The van der Waals surface area contributed by atoms with Crippen LogP contribution >= 0.6 is 23.1 Å². The molecule has 0 unspecified atom stereocenters. The maximum Gasteiger partial charge on any atom is 0.277 e. The number of thiophene rings is 1. The average Bonchev–Trinajstić information content (AvgIpc) is 3.38. The van der Waals surface area contributed by atoms with Gasteiger partial charge < -0.3 is 15.5 Å². The van der Waals surface area contributed by atoms with Crippen LogP contribution in [0.3, 0.4) is 0 Å². The van der Waals surface area contributed by atoms with Crippen LogP contribution in [0.5, 0.6) is 0 Å². The molecule has 3 aromatic rings. The number of nitrogens with two attached hydrogens (primary N) is 1. The Hall–Kier alpha value is -2.72. The second kappa shape index (κ2) is 7.72. The number of rotatable bonds is 6. The number of thioether (sulfide) groups is 1. The summed E-state index contributed by atoms with van der Waals surface area (Å²) in [5.41, 5.74) is 7.67. The molecule has 28 heavy (non-hydrogen) atoms. The summed E-state index contributed by atoms with van der Waals surface area (Å²) in [5.74, 6) is -0.421. The summed E-state index contributed by atoms with van der Waals surface area (Å²) in [7, 11) is 0. The van der Waals surface area contributed by atoms with E-state index in [-0.39, 0.29) is 11.1 Å². The molecule has 0 saturated carbocycles. The molecular weight excluding hydrogens is 398 g/mol. The van der Waals surface area contributed by atoms with Crippen molar-refractivity contribution in [3.05, 3.63) is 40.5 Å². The van der Waals surface area contributed by atoms with Crippen LogP contribution in [0.1, 0.15) is 34.1 Å². The number of pyridine rings is 1. The first-order valence-electron chi connectivity index (χ1n) is 8.68. The molecule has 0 aliphatic heterocycles. The summed E-state index contributed by atoms with van der Waals surface area (Å²) in [4.78, 5) is 29.6. The van der Waals surface area contributed by atoms with Gasteiger partial charge >= 0.3 is 0 Å². The third kappa shape index (κ3) is 3.65. The zero-order valence-corrected chi connectivity index (χ0v) is 16.6. The monoisotopic (exact) mass is 415 g/mol. The van der Waals surface area contributed by atoms with Crippen LogP contribution in [0.2, 0.25) is 0 Å². The molecular formula is C18H17N5O3S2. The topological polar surface area (TPSA) is 124 Å². The summed E-state index contributed by atoms with van der Waals surface area (Å²) >= 11 is 2.58. The number of aryl methyl sites for hydroxylation is 1. The van der Waals surface area contributed by atoms with E-state index in [1.54, 1.807) is 25.4 Å². The Kier molecular flexibility index (Phi) is 5.14. The van der Waals surface area contributed by atoms with Gasteiger partial charge in [-0.25, -0.2) is 0 Å². The fourth-order valence-electron chi connectivity index (χ4n) is 3.03. The van der Waals surface area contributed by atoms with Crippen molar-refractivity contribution in [3.8, 4) is 11.5 Å². The molecule has 8 nitrogen and oxygen atoms in total. The number of hydrogen-bond acceptors (Lipinski definition) is 8. The molecule has 0 spiro atoms. The van der Waals surface area contributed by atoms with E-state index in [1.807, 2.05) is 6.07 Å². The molecule has 1 atom stereocenters. The third-order valence-electron chi connectivity index (χ3n) is 4.37. The molecule has 1 aliphatic carbocycles. The maximum atomic E-state index is 12.6. The van der Waals surface area contributed by atoms with E-state index in [1.165, 1.54) is 11.3 Å². The smallest absolute Gasteiger partial charge is 0.277 e. The highest BCUT2D eigenvalue weighted by Gasteiger charge is 2.27.